The number of unbranched alkanes of at least 4 members (excludes halogenated alkanes) is 18. The summed E-state index contributed by atoms with van der Waals surface area (Å²) in [5.74, 6) is 1.26. The summed E-state index contributed by atoms with van der Waals surface area (Å²) in [5.41, 5.74) is 1.51. The maximum atomic E-state index is 11.4. The van der Waals surface area contributed by atoms with Crippen molar-refractivity contribution in [1.29, 1.82) is 0 Å². The fourth-order valence-corrected chi connectivity index (χ4v) is 7.68. The van der Waals surface area contributed by atoms with Gasteiger partial charge in [0.25, 0.3) is 0 Å². The number of aromatic amines is 1. The van der Waals surface area contributed by atoms with Gasteiger partial charge in [-0.15, -0.1) is 0 Å². The van der Waals surface area contributed by atoms with E-state index in [9.17, 15) is 30.6 Å². The maximum absolute atomic E-state index is 11.4. The summed E-state index contributed by atoms with van der Waals surface area (Å²) < 4.78 is 11.4. The highest BCUT2D eigenvalue weighted by Crippen LogP contribution is 2.41. The molecule has 7 unspecified atom stereocenters. The van der Waals surface area contributed by atoms with Crippen molar-refractivity contribution in [2.24, 2.45) is 11.8 Å². The molecule has 1 saturated carbocycles. The predicted molar refractivity (Wildman–Crippen MR) is 201 cm³/mol. The Morgan fingerprint density at radius 1 is 0.784 bits per heavy atom. The van der Waals surface area contributed by atoms with Gasteiger partial charge in [-0.3, -0.25) is 5.10 Å². The van der Waals surface area contributed by atoms with E-state index >= 15 is 0 Å². The van der Waals surface area contributed by atoms with Crippen molar-refractivity contribution in [1.82, 2.24) is 10.2 Å². The smallest absolute Gasteiger partial charge is 0.186 e. The summed E-state index contributed by atoms with van der Waals surface area (Å²) in [6, 6.07) is 1.92. The van der Waals surface area contributed by atoms with Gasteiger partial charge in [0.2, 0.25) is 0 Å². The fourth-order valence-electron chi connectivity index (χ4n) is 7.68. The molecule has 1 saturated heterocycles. The number of aliphatic hydroxyl groups excluding tert-OH is 6. The molecule has 0 bridgehead atoms. The number of hydrogen-bond acceptors (Lipinski definition) is 9. The molecule has 10 nitrogen and oxygen atoms in total. The number of nitrogens with zero attached hydrogens (tertiary/aromatic N) is 1. The van der Waals surface area contributed by atoms with E-state index in [1.807, 2.05) is 6.07 Å². The van der Waals surface area contributed by atoms with Crippen LogP contribution in [0.3, 0.4) is 0 Å². The van der Waals surface area contributed by atoms with Gasteiger partial charge in [-0.25, -0.2) is 0 Å². The summed E-state index contributed by atoms with van der Waals surface area (Å²) >= 11 is 0. The lowest BCUT2D eigenvalue weighted by Crippen LogP contribution is -2.59. The zero-order valence-electron chi connectivity index (χ0n) is 32.2. The van der Waals surface area contributed by atoms with Crippen molar-refractivity contribution in [2.45, 2.75) is 217 Å². The van der Waals surface area contributed by atoms with Crippen LogP contribution in [0.4, 0.5) is 0 Å². The highest BCUT2D eigenvalue weighted by Gasteiger charge is 2.44. The van der Waals surface area contributed by atoms with E-state index in [2.05, 4.69) is 24.0 Å². The molecule has 10 atom stereocenters. The minimum Gasteiger partial charge on any atom is -0.394 e. The molecule has 0 spiro atoms. The molecule has 3 rings (SSSR count). The first-order valence-corrected chi connectivity index (χ1v) is 21.1. The number of rotatable bonds is 31. The third-order valence-corrected chi connectivity index (χ3v) is 11.5. The van der Waals surface area contributed by atoms with Crippen LogP contribution in [0.25, 0.3) is 0 Å². The summed E-state index contributed by atoms with van der Waals surface area (Å²) in [7, 11) is 0. The van der Waals surface area contributed by atoms with E-state index in [1.54, 1.807) is 0 Å². The molecule has 51 heavy (non-hydrogen) atoms. The van der Waals surface area contributed by atoms with Crippen LogP contribution in [-0.4, -0.2) is 97.0 Å². The Morgan fingerprint density at radius 2 is 1.33 bits per heavy atom. The third kappa shape index (κ3) is 16.8. The minimum atomic E-state index is -1.56. The first-order chi connectivity index (χ1) is 24.8. The normalized spacial score (nSPS) is 26.7. The topological polar surface area (TPSA) is 169 Å². The molecular weight excluding hydrogens is 648 g/mol. The molecular formula is C41H76N2O8. The van der Waals surface area contributed by atoms with Crippen molar-refractivity contribution in [3.05, 3.63) is 17.5 Å². The molecule has 10 heteroatoms. The molecule has 7 N–H and O–H groups in total. The van der Waals surface area contributed by atoms with E-state index in [0.717, 1.165) is 56.1 Å². The Labute approximate surface area is 309 Å². The van der Waals surface area contributed by atoms with Gasteiger partial charge in [-0.05, 0) is 43.6 Å². The predicted octanol–water partition coefficient (Wildman–Crippen LogP) is 6.83. The lowest BCUT2D eigenvalue weighted by molar-refractivity contribution is -0.303. The number of H-pyrrole nitrogens is 1. The van der Waals surface area contributed by atoms with Crippen LogP contribution < -0.4 is 0 Å². The summed E-state index contributed by atoms with van der Waals surface area (Å²) in [6.45, 7) is 3.90. The Bertz CT molecular complexity index is 995. The van der Waals surface area contributed by atoms with Gasteiger partial charge in [0, 0.05) is 5.69 Å². The Balaban J connectivity index is 1.42. The van der Waals surface area contributed by atoms with Crippen LogP contribution >= 0.6 is 0 Å². The van der Waals surface area contributed by atoms with Crippen molar-refractivity contribution >= 4 is 0 Å². The molecule has 1 aromatic heterocycles. The number of hydrogen-bond donors (Lipinski definition) is 7. The third-order valence-electron chi connectivity index (χ3n) is 11.5. The lowest BCUT2D eigenvalue weighted by Gasteiger charge is -2.40. The van der Waals surface area contributed by atoms with Gasteiger partial charge in [0.1, 0.15) is 24.4 Å². The SMILES string of the molecule is CCCCCCCCCCCCCC[C@@H](O)[C@@H](O)[C@H](COC1OC(CO)C(O)C(O)C1O)c1cc(CCCCCCCCCCC2CC2C)[nH]n1. The summed E-state index contributed by atoms with van der Waals surface area (Å²) in [4.78, 5) is 0. The fraction of sp³-hybridized carbons (Fsp3) is 0.927. The van der Waals surface area contributed by atoms with E-state index in [-0.39, 0.29) is 6.61 Å². The van der Waals surface area contributed by atoms with Crippen molar-refractivity contribution in [2.75, 3.05) is 13.2 Å². The van der Waals surface area contributed by atoms with Crippen molar-refractivity contribution in [3.8, 4) is 0 Å². The number of aliphatic hydroxyl groups is 6. The molecule has 2 aliphatic rings. The maximum Gasteiger partial charge on any atom is 0.186 e. The average molecular weight is 725 g/mol. The molecule has 0 amide bonds. The highest BCUT2D eigenvalue weighted by atomic mass is 16.7. The van der Waals surface area contributed by atoms with Crippen LogP contribution in [0.5, 0.6) is 0 Å². The van der Waals surface area contributed by atoms with Gasteiger partial charge in [0.15, 0.2) is 6.29 Å². The largest absolute Gasteiger partial charge is 0.394 e. The van der Waals surface area contributed by atoms with Crippen LogP contribution in [0.2, 0.25) is 0 Å². The van der Waals surface area contributed by atoms with Gasteiger partial charge in [-0.2, -0.15) is 5.10 Å². The van der Waals surface area contributed by atoms with Crippen LogP contribution in [0, 0.1) is 11.8 Å². The highest BCUT2D eigenvalue weighted by molar-refractivity contribution is 5.16. The first kappa shape index (κ1) is 44.3. The Morgan fingerprint density at radius 3 is 1.90 bits per heavy atom. The molecule has 1 aliphatic heterocycles. The molecule has 1 aliphatic carbocycles. The Hall–Kier alpha value is -1.11. The van der Waals surface area contributed by atoms with Gasteiger partial charge in [-0.1, -0.05) is 142 Å². The van der Waals surface area contributed by atoms with E-state index < -0.39 is 55.4 Å². The zero-order valence-corrected chi connectivity index (χ0v) is 32.2. The van der Waals surface area contributed by atoms with Gasteiger partial charge < -0.3 is 40.1 Å². The van der Waals surface area contributed by atoms with Crippen LogP contribution in [-0.2, 0) is 15.9 Å². The number of nitrogens with one attached hydrogen (secondary N) is 1. The number of ether oxygens (including phenoxy) is 2. The number of aromatic nitrogens is 2. The quantitative estimate of drug-likeness (QED) is 0.0406. The second-order valence-electron chi connectivity index (χ2n) is 16.0. The van der Waals surface area contributed by atoms with Crippen LogP contribution in [0.15, 0.2) is 6.07 Å². The first-order valence-electron chi connectivity index (χ1n) is 21.1. The van der Waals surface area contributed by atoms with Gasteiger partial charge >= 0.3 is 0 Å². The molecule has 1 aromatic rings. The second kappa shape index (κ2) is 25.8. The molecule has 298 valence electrons. The molecule has 2 heterocycles. The van der Waals surface area contributed by atoms with E-state index in [4.69, 9.17) is 9.47 Å². The van der Waals surface area contributed by atoms with Crippen molar-refractivity contribution in [3.63, 3.8) is 0 Å². The van der Waals surface area contributed by atoms with E-state index in [0.29, 0.717) is 12.1 Å². The second-order valence-corrected chi connectivity index (χ2v) is 16.0. The monoisotopic (exact) mass is 725 g/mol. The minimum absolute atomic E-state index is 0.149. The van der Waals surface area contributed by atoms with Crippen LogP contribution in [0.1, 0.15) is 179 Å². The lowest BCUT2D eigenvalue weighted by atomic mass is 9.91. The van der Waals surface area contributed by atoms with Crippen molar-refractivity contribution < 1.29 is 40.1 Å². The summed E-state index contributed by atoms with van der Waals surface area (Å²) in [5, 5.41) is 70.5. The standard InChI is InChI=1S/C41H76N2O8/c1-3-4-5-6-7-8-9-10-11-16-19-22-25-35(45)37(46)33(29-50-41-40(49)39(48)38(47)36(28-44)51-41)34-27-32(42-43-34)24-21-18-15-13-12-14-17-20-23-31-26-30(31)2/h27,30-31,33,35-41,44-49H,3-26,28-29H2,1-2H3,(H,42,43)/t30?,31?,33-,35-,36?,37+,38?,39?,40?,41?/m1/s1. The molecule has 0 radical (unpaired) electrons. The van der Waals surface area contributed by atoms with Gasteiger partial charge in [0.05, 0.1) is 37.0 Å². The summed E-state index contributed by atoms with van der Waals surface area (Å²) in [6.07, 6.45) is 19.7. The van der Waals surface area contributed by atoms with E-state index in [1.165, 1.54) is 109 Å². The zero-order chi connectivity index (χ0) is 36.8. The molecule has 2 fully saturated rings. The molecule has 0 aromatic carbocycles. The number of aryl methyl sites for hydroxylation is 1. The average Bonchev–Trinajstić information content (AvgIpc) is 3.63. The Kier molecular flexibility index (Phi) is 22.4.